The van der Waals surface area contributed by atoms with E-state index in [2.05, 4.69) is 0 Å². The summed E-state index contributed by atoms with van der Waals surface area (Å²) < 4.78 is 19.1. The van der Waals surface area contributed by atoms with Gasteiger partial charge in [-0.2, -0.15) is 0 Å². The summed E-state index contributed by atoms with van der Waals surface area (Å²) in [6.07, 6.45) is 3.47. The fourth-order valence-corrected chi connectivity index (χ4v) is 2.76. The molecule has 17 heavy (non-hydrogen) atoms. The number of aliphatic hydroxyl groups excluding tert-OH is 1. The van der Waals surface area contributed by atoms with Gasteiger partial charge < -0.3 is 9.84 Å². The van der Waals surface area contributed by atoms with Crippen molar-refractivity contribution >= 4 is 0 Å². The van der Waals surface area contributed by atoms with Gasteiger partial charge in [-0.15, -0.1) is 0 Å². The molecule has 0 radical (unpaired) electrons. The van der Waals surface area contributed by atoms with Gasteiger partial charge in [-0.25, -0.2) is 4.39 Å². The third kappa shape index (κ3) is 2.16. The molecular weight excluding hydrogens is 219 g/mol. The highest BCUT2D eigenvalue weighted by molar-refractivity contribution is 5.38. The Morgan fingerprint density at radius 1 is 1.47 bits per heavy atom. The van der Waals surface area contributed by atoms with E-state index >= 15 is 0 Å². The number of benzene rings is 1. The Morgan fingerprint density at radius 2 is 2.24 bits per heavy atom. The van der Waals surface area contributed by atoms with Gasteiger partial charge in [0.05, 0.1) is 6.10 Å². The van der Waals surface area contributed by atoms with Gasteiger partial charge in [0.25, 0.3) is 0 Å². The highest BCUT2D eigenvalue weighted by atomic mass is 19.1. The molecule has 1 fully saturated rings. The molecule has 0 bridgehead atoms. The van der Waals surface area contributed by atoms with Crippen molar-refractivity contribution < 1.29 is 14.2 Å². The molecule has 1 unspecified atom stereocenters. The summed E-state index contributed by atoms with van der Waals surface area (Å²) in [5.74, 6) is 1.06. The quantitative estimate of drug-likeness (QED) is 0.854. The van der Waals surface area contributed by atoms with Crippen LogP contribution in [0, 0.1) is 11.7 Å². The molecule has 92 valence electrons. The van der Waals surface area contributed by atoms with E-state index in [0.717, 1.165) is 12.3 Å². The largest absolute Gasteiger partial charge is 0.487 e. The molecule has 0 spiro atoms. The zero-order valence-electron chi connectivity index (χ0n) is 9.95. The Morgan fingerprint density at radius 3 is 2.94 bits per heavy atom. The number of fused-ring (bicyclic) bond motifs is 1. The average Bonchev–Trinajstić information content (AvgIpc) is 3.03. The molecule has 1 aliphatic carbocycles. The van der Waals surface area contributed by atoms with Crippen LogP contribution in [0.2, 0.25) is 0 Å². The Labute approximate surface area is 100 Å². The number of aliphatic hydroxyl groups is 1. The van der Waals surface area contributed by atoms with Crippen molar-refractivity contribution in [2.75, 3.05) is 0 Å². The van der Waals surface area contributed by atoms with Crippen molar-refractivity contribution in [2.24, 2.45) is 5.92 Å². The van der Waals surface area contributed by atoms with Crippen LogP contribution in [0.25, 0.3) is 0 Å². The number of hydrogen-bond acceptors (Lipinski definition) is 2. The van der Waals surface area contributed by atoms with Crippen LogP contribution in [0.3, 0.4) is 0 Å². The van der Waals surface area contributed by atoms with Crippen LogP contribution in [-0.2, 0) is 0 Å². The van der Waals surface area contributed by atoms with E-state index < -0.39 is 6.10 Å². The molecule has 0 saturated heterocycles. The lowest BCUT2D eigenvalue weighted by Gasteiger charge is -2.38. The highest BCUT2D eigenvalue weighted by Crippen LogP contribution is 2.46. The normalized spacial score (nSPS) is 31.8. The molecule has 2 aliphatic rings. The third-order valence-corrected chi connectivity index (χ3v) is 3.73. The second-order valence-electron chi connectivity index (χ2n) is 5.60. The maximum atomic E-state index is 13.1. The summed E-state index contributed by atoms with van der Waals surface area (Å²) in [7, 11) is 0. The predicted octanol–water partition coefficient (Wildman–Crippen LogP) is 3.20. The van der Waals surface area contributed by atoms with Gasteiger partial charge >= 0.3 is 0 Å². The lowest BCUT2D eigenvalue weighted by atomic mass is 9.86. The Balaban J connectivity index is 1.88. The van der Waals surface area contributed by atoms with Crippen LogP contribution in [-0.4, -0.2) is 10.7 Å². The molecule has 1 aliphatic heterocycles. The molecule has 2 nitrogen and oxygen atoms in total. The van der Waals surface area contributed by atoms with Crippen LogP contribution in [0.15, 0.2) is 18.2 Å². The van der Waals surface area contributed by atoms with Crippen LogP contribution in [0.1, 0.15) is 44.3 Å². The summed E-state index contributed by atoms with van der Waals surface area (Å²) in [4.78, 5) is 0. The molecule has 3 rings (SSSR count). The van der Waals surface area contributed by atoms with Crippen LogP contribution < -0.4 is 4.74 Å². The minimum atomic E-state index is -0.613. The summed E-state index contributed by atoms with van der Waals surface area (Å²) in [6.45, 7) is 2.04. The summed E-state index contributed by atoms with van der Waals surface area (Å²) in [6, 6.07) is 4.38. The predicted molar refractivity (Wildman–Crippen MR) is 62.4 cm³/mol. The molecule has 3 heteroatoms. The van der Waals surface area contributed by atoms with Gasteiger partial charge in [-0.05, 0) is 37.5 Å². The van der Waals surface area contributed by atoms with E-state index in [1.807, 2.05) is 6.92 Å². The first-order valence-corrected chi connectivity index (χ1v) is 6.22. The van der Waals surface area contributed by atoms with E-state index in [9.17, 15) is 9.50 Å². The standard InChI is InChI=1S/C14H17FO2/c1-14(7-9-2-3-9)8-12(16)11-6-10(15)4-5-13(11)17-14/h4-6,9,12,16H,2-3,7-8H2,1H3/t12-,14?/m1/s1. The monoisotopic (exact) mass is 236 g/mol. The van der Waals surface area contributed by atoms with Gasteiger partial charge in [0.15, 0.2) is 0 Å². The fraction of sp³-hybridized carbons (Fsp3) is 0.571. The van der Waals surface area contributed by atoms with E-state index in [0.29, 0.717) is 17.7 Å². The zero-order chi connectivity index (χ0) is 12.0. The second-order valence-corrected chi connectivity index (χ2v) is 5.60. The zero-order valence-corrected chi connectivity index (χ0v) is 9.95. The molecule has 1 aromatic rings. The topological polar surface area (TPSA) is 29.5 Å². The number of rotatable bonds is 2. The van der Waals surface area contributed by atoms with Gasteiger partial charge in [0, 0.05) is 12.0 Å². The van der Waals surface area contributed by atoms with Crippen LogP contribution in [0.4, 0.5) is 4.39 Å². The SMILES string of the molecule is CC1(CC2CC2)C[C@@H](O)c2cc(F)ccc2O1. The Bertz CT molecular complexity index is 442. The molecule has 1 N–H and O–H groups in total. The van der Waals surface area contributed by atoms with Crippen LogP contribution >= 0.6 is 0 Å². The van der Waals surface area contributed by atoms with E-state index in [1.54, 1.807) is 6.07 Å². The number of ether oxygens (including phenoxy) is 1. The van der Waals surface area contributed by atoms with Crippen molar-refractivity contribution in [3.8, 4) is 5.75 Å². The Hall–Kier alpha value is -1.09. The lowest BCUT2D eigenvalue weighted by Crippen LogP contribution is -2.38. The minimum absolute atomic E-state index is 0.300. The molecule has 0 aromatic heterocycles. The first kappa shape index (κ1) is 11.0. The molecule has 1 aromatic carbocycles. The van der Waals surface area contributed by atoms with Crippen molar-refractivity contribution in [1.82, 2.24) is 0 Å². The van der Waals surface area contributed by atoms with Crippen molar-refractivity contribution in [2.45, 2.75) is 44.3 Å². The van der Waals surface area contributed by atoms with E-state index in [4.69, 9.17) is 4.74 Å². The van der Waals surface area contributed by atoms with Gasteiger partial charge in [0.1, 0.15) is 17.2 Å². The van der Waals surface area contributed by atoms with E-state index in [1.165, 1.54) is 25.0 Å². The molecular formula is C14H17FO2. The molecule has 2 atom stereocenters. The average molecular weight is 236 g/mol. The minimum Gasteiger partial charge on any atom is -0.487 e. The number of hydrogen-bond donors (Lipinski definition) is 1. The smallest absolute Gasteiger partial charge is 0.126 e. The van der Waals surface area contributed by atoms with Crippen molar-refractivity contribution in [3.63, 3.8) is 0 Å². The summed E-state index contributed by atoms with van der Waals surface area (Å²) >= 11 is 0. The first-order chi connectivity index (χ1) is 8.06. The molecule has 1 saturated carbocycles. The fourth-order valence-electron chi connectivity index (χ4n) is 2.76. The van der Waals surface area contributed by atoms with Crippen LogP contribution in [0.5, 0.6) is 5.75 Å². The molecule has 0 amide bonds. The lowest BCUT2D eigenvalue weighted by molar-refractivity contribution is -0.0107. The summed E-state index contributed by atoms with van der Waals surface area (Å²) in [5, 5.41) is 10.1. The number of halogens is 1. The molecule has 1 heterocycles. The van der Waals surface area contributed by atoms with Gasteiger partial charge in [0.2, 0.25) is 0 Å². The van der Waals surface area contributed by atoms with Crippen molar-refractivity contribution in [3.05, 3.63) is 29.6 Å². The Kier molecular flexibility index (Phi) is 2.40. The first-order valence-electron chi connectivity index (χ1n) is 6.22. The van der Waals surface area contributed by atoms with Crippen molar-refractivity contribution in [1.29, 1.82) is 0 Å². The van der Waals surface area contributed by atoms with Gasteiger partial charge in [-0.3, -0.25) is 0 Å². The maximum absolute atomic E-state index is 13.1. The third-order valence-electron chi connectivity index (χ3n) is 3.73. The van der Waals surface area contributed by atoms with Gasteiger partial charge in [-0.1, -0.05) is 12.8 Å². The maximum Gasteiger partial charge on any atom is 0.126 e. The second kappa shape index (κ2) is 3.70. The van der Waals surface area contributed by atoms with E-state index in [-0.39, 0.29) is 11.4 Å². The highest BCUT2D eigenvalue weighted by Gasteiger charge is 2.40. The summed E-state index contributed by atoms with van der Waals surface area (Å²) in [5.41, 5.74) is 0.282.